The Morgan fingerprint density at radius 2 is 1.04 bits per heavy atom. The van der Waals surface area contributed by atoms with Crippen molar-refractivity contribution in [1.29, 1.82) is 0 Å². The summed E-state index contributed by atoms with van der Waals surface area (Å²) in [7, 11) is 0. The van der Waals surface area contributed by atoms with Gasteiger partial charge >= 0.3 is 0 Å². The van der Waals surface area contributed by atoms with Crippen LogP contribution in [0.25, 0.3) is 71.3 Å². The Morgan fingerprint density at radius 3 is 1.69 bits per heavy atom. The number of benzene rings is 8. The van der Waals surface area contributed by atoms with Crippen LogP contribution in [0.2, 0.25) is 0 Å². The molecule has 0 aliphatic heterocycles. The van der Waals surface area contributed by atoms with Crippen LogP contribution in [0.3, 0.4) is 0 Å². The van der Waals surface area contributed by atoms with Crippen molar-refractivity contribution < 1.29 is 11.0 Å². The molecule has 0 unspecified atom stereocenters. The Hall–Kier alpha value is -6.12. The molecule has 0 fully saturated rings. The van der Waals surface area contributed by atoms with E-state index < -0.39 is 24.2 Å². The molecule has 0 atom stereocenters. The number of para-hydroxylation sites is 3. The van der Waals surface area contributed by atoms with Gasteiger partial charge in [0.25, 0.3) is 0 Å². The number of rotatable bonds is 5. The van der Waals surface area contributed by atoms with Gasteiger partial charge in [-0.05, 0) is 140 Å². The van der Waals surface area contributed by atoms with Crippen LogP contribution in [0.15, 0.2) is 164 Å². The standard InChI is InChI=1S/C47H34N2/c1-30(2)31-11-10-14-37(23-31)48(36-12-4-3-5-13-36)38-21-19-32-26-42-44(28-34(32)24-38)43-27-33-20-22-39(25-35(33)29-45(42)43)49-46-17-8-6-15-40(46)41-16-7-9-18-47(41)49/h3-30H,1-2H3/i6D,7D,8D,9D,15D,16D,17D,18D. The molecule has 10 rings (SSSR count). The topological polar surface area (TPSA) is 8.17 Å². The summed E-state index contributed by atoms with van der Waals surface area (Å²) in [6, 6.07) is 37.2. The second kappa shape index (κ2) is 10.7. The van der Waals surface area contributed by atoms with Crippen LogP contribution in [-0.2, 0) is 0 Å². The van der Waals surface area contributed by atoms with E-state index in [2.05, 4.69) is 110 Å². The van der Waals surface area contributed by atoms with Gasteiger partial charge in [-0.25, -0.2) is 0 Å². The zero-order chi connectivity index (χ0) is 39.6. The molecule has 49 heavy (non-hydrogen) atoms. The molecular formula is C47H34N2. The molecule has 2 nitrogen and oxygen atoms in total. The highest BCUT2D eigenvalue weighted by atomic mass is 15.1. The summed E-state index contributed by atoms with van der Waals surface area (Å²) >= 11 is 0. The number of anilines is 3. The van der Waals surface area contributed by atoms with Crippen molar-refractivity contribution >= 4 is 60.4 Å². The predicted octanol–water partition coefficient (Wildman–Crippen LogP) is 13.3. The highest BCUT2D eigenvalue weighted by molar-refractivity contribution is 6.13. The van der Waals surface area contributed by atoms with Crippen LogP contribution < -0.4 is 4.90 Å². The Kier molecular flexibility index (Phi) is 4.58. The maximum absolute atomic E-state index is 8.90. The summed E-state index contributed by atoms with van der Waals surface area (Å²) in [5.74, 6) is 0.402. The van der Waals surface area contributed by atoms with E-state index in [1.54, 1.807) is 4.57 Å². The summed E-state index contributed by atoms with van der Waals surface area (Å²) in [4.78, 5) is 2.30. The lowest BCUT2D eigenvalue weighted by atomic mass is 9.78. The SMILES string of the molecule is [2H]c1c([2H])c([2H])c2c(c1[2H])c1c([2H])c([2H])c([2H])c([2H])c1n2-c1ccc2cc3c(cc2c1)-c1cc2ccc(N(c4ccccc4)c4cccc(C(C)C)c4)cc2cc1-3. The number of nitrogens with zero attached hydrogens (tertiary/aromatic N) is 2. The summed E-state index contributed by atoms with van der Waals surface area (Å²) in [6.07, 6.45) is 0. The molecule has 0 N–H and O–H groups in total. The average molecular weight is 635 g/mol. The van der Waals surface area contributed by atoms with Gasteiger partial charge in [0, 0.05) is 33.5 Å². The Bertz CT molecular complexity index is 3130. The fraction of sp³-hybridized carbons (Fsp3) is 0.0638. The van der Waals surface area contributed by atoms with Crippen LogP contribution in [-0.4, -0.2) is 4.57 Å². The fourth-order valence-corrected chi connectivity index (χ4v) is 7.40. The molecule has 2 heteroatoms. The van der Waals surface area contributed by atoms with Gasteiger partial charge in [0.2, 0.25) is 0 Å². The van der Waals surface area contributed by atoms with Crippen molar-refractivity contribution in [3.8, 4) is 27.9 Å². The van der Waals surface area contributed by atoms with E-state index in [4.69, 9.17) is 11.0 Å². The predicted molar refractivity (Wildman–Crippen MR) is 209 cm³/mol. The first-order chi connectivity index (χ1) is 27.4. The number of fused-ring (bicyclic) bond motifs is 9. The van der Waals surface area contributed by atoms with E-state index in [9.17, 15) is 0 Å². The minimum atomic E-state index is -0.454. The largest absolute Gasteiger partial charge is 0.310 e. The lowest BCUT2D eigenvalue weighted by Gasteiger charge is -2.28. The molecule has 0 saturated heterocycles. The first-order valence-electron chi connectivity index (χ1n) is 20.6. The molecule has 0 bridgehead atoms. The van der Waals surface area contributed by atoms with Gasteiger partial charge in [0.15, 0.2) is 0 Å². The molecule has 8 aromatic carbocycles. The smallest absolute Gasteiger partial charge is 0.0645 e. The van der Waals surface area contributed by atoms with Crippen molar-refractivity contribution in [2.45, 2.75) is 19.8 Å². The van der Waals surface area contributed by atoms with Crippen LogP contribution >= 0.6 is 0 Å². The van der Waals surface area contributed by atoms with Crippen molar-refractivity contribution in [3.05, 3.63) is 169 Å². The summed E-state index contributed by atoms with van der Waals surface area (Å²) < 4.78 is 70.5. The third-order valence-corrected chi connectivity index (χ3v) is 9.86. The van der Waals surface area contributed by atoms with Gasteiger partial charge in [-0.15, -0.1) is 0 Å². The second-order valence-corrected chi connectivity index (χ2v) is 13.1. The van der Waals surface area contributed by atoms with E-state index >= 15 is 0 Å². The molecule has 9 aromatic rings. The van der Waals surface area contributed by atoms with Crippen LogP contribution in [0.1, 0.15) is 36.3 Å². The van der Waals surface area contributed by atoms with E-state index in [0.717, 1.165) is 55.3 Å². The normalized spacial score (nSPS) is 14.3. The van der Waals surface area contributed by atoms with Gasteiger partial charge in [-0.2, -0.15) is 0 Å². The average Bonchev–Trinajstić information content (AvgIpc) is 3.59. The summed E-state index contributed by atoms with van der Waals surface area (Å²) in [6.45, 7) is 4.42. The molecule has 1 aromatic heterocycles. The monoisotopic (exact) mass is 634 g/mol. The molecule has 1 aliphatic rings. The Morgan fingerprint density at radius 1 is 0.490 bits per heavy atom. The number of aromatic nitrogens is 1. The van der Waals surface area contributed by atoms with Crippen molar-refractivity contribution in [2.75, 3.05) is 4.90 Å². The zero-order valence-electron chi connectivity index (χ0n) is 34.9. The molecular weight excluding hydrogens is 593 g/mol. The van der Waals surface area contributed by atoms with E-state index in [0.29, 0.717) is 11.6 Å². The van der Waals surface area contributed by atoms with Crippen molar-refractivity contribution in [3.63, 3.8) is 0 Å². The van der Waals surface area contributed by atoms with Gasteiger partial charge in [-0.1, -0.05) is 92.6 Å². The molecule has 0 saturated carbocycles. The third-order valence-electron chi connectivity index (χ3n) is 9.86. The Balaban J connectivity index is 1.11. The molecule has 0 radical (unpaired) electrons. The number of hydrogen-bond acceptors (Lipinski definition) is 1. The minimum absolute atomic E-state index is 0.0696. The van der Waals surface area contributed by atoms with Crippen LogP contribution in [0, 0.1) is 0 Å². The lowest BCUT2D eigenvalue weighted by molar-refractivity contribution is 0.866. The fourth-order valence-electron chi connectivity index (χ4n) is 7.40. The number of hydrogen-bond donors (Lipinski definition) is 0. The highest BCUT2D eigenvalue weighted by Crippen LogP contribution is 2.51. The minimum Gasteiger partial charge on any atom is -0.310 e. The van der Waals surface area contributed by atoms with Crippen LogP contribution in [0.4, 0.5) is 17.1 Å². The maximum Gasteiger partial charge on any atom is 0.0645 e. The maximum atomic E-state index is 8.90. The lowest BCUT2D eigenvalue weighted by Crippen LogP contribution is -2.10. The van der Waals surface area contributed by atoms with E-state index in [1.165, 1.54) is 11.1 Å². The van der Waals surface area contributed by atoms with Gasteiger partial charge in [0.05, 0.1) is 22.0 Å². The third kappa shape index (κ3) is 4.34. The highest BCUT2D eigenvalue weighted by Gasteiger charge is 2.24. The molecule has 0 spiro atoms. The second-order valence-electron chi connectivity index (χ2n) is 13.1. The van der Waals surface area contributed by atoms with E-state index in [-0.39, 0.29) is 46.0 Å². The quantitative estimate of drug-likeness (QED) is 0.183. The Labute approximate surface area is 297 Å². The van der Waals surface area contributed by atoms with Crippen LogP contribution in [0.5, 0.6) is 0 Å². The van der Waals surface area contributed by atoms with Gasteiger partial charge in [0.1, 0.15) is 0 Å². The van der Waals surface area contributed by atoms with Gasteiger partial charge in [-0.3, -0.25) is 0 Å². The van der Waals surface area contributed by atoms with Gasteiger partial charge < -0.3 is 9.47 Å². The molecule has 1 heterocycles. The summed E-state index contributed by atoms with van der Waals surface area (Å²) in [5.41, 5.74) is 9.85. The molecule has 232 valence electrons. The first-order valence-corrected chi connectivity index (χ1v) is 16.6. The first kappa shape index (κ1) is 21.0. The van der Waals surface area contributed by atoms with Crippen molar-refractivity contribution in [2.24, 2.45) is 0 Å². The van der Waals surface area contributed by atoms with E-state index in [1.807, 2.05) is 24.3 Å². The molecule has 0 amide bonds. The van der Waals surface area contributed by atoms with Crippen molar-refractivity contribution in [1.82, 2.24) is 4.57 Å². The zero-order valence-corrected chi connectivity index (χ0v) is 26.9. The molecule has 1 aliphatic carbocycles. The summed E-state index contributed by atoms with van der Waals surface area (Å²) in [5, 5.41) is 4.26.